The quantitative estimate of drug-likeness (QED) is 0.364. The number of anilines is 1. The fourth-order valence-electron chi connectivity index (χ4n) is 2.61. The maximum absolute atomic E-state index is 12.8. The highest BCUT2D eigenvalue weighted by Gasteiger charge is 2.37. The van der Waals surface area contributed by atoms with E-state index in [0.29, 0.717) is 21.2 Å². The first kappa shape index (κ1) is 19.1. The van der Waals surface area contributed by atoms with Crippen molar-refractivity contribution in [2.24, 2.45) is 0 Å². The van der Waals surface area contributed by atoms with Crippen LogP contribution in [-0.2, 0) is 9.59 Å². The topological polar surface area (TPSA) is 119 Å². The Kier molecular flexibility index (Phi) is 5.10. The second-order valence-electron chi connectivity index (χ2n) is 5.62. The zero-order valence-corrected chi connectivity index (χ0v) is 15.1. The Morgan fingerprint density at radius 1 is 1.18 bits per heavy atom. The fraction of sp³-hybridized carbons (Fsp3) is 0.0556. The summed E-state index contributed by atoms with van der Waals surface area (Å²) >= 11 is 5.96. The van der Waals surface area contributed by atoms with E-state index in [0.717, 1.165) is 6.07 Å². The predicted octanol–water partition coefficient (Wildman–Crippen LogP) is 2.92. The van der Waals surface area contributed by atoms with E-state index in [4.69, 9.17) is 16.3 Å². The molecule has 28 heavy (non-hydrogen) atoms. The van der Waals surface area contributed by atoms with Gasteiger partial charge in [-0.15, -0.1) is 0 Å². The van der Waals surface area contributed by atoms with Crippen molar-refractivity contribution in [1.29, 1.82) is 0 Å². The van der Waals surface area contributed by atoms with Gasteiger partial charge < -0.3 is 4.74 Å². The van der Waals surface area contributed by atoms with E-state index in [9.17, 15) is 24.5 Å². The van der Waals surface area contributed by atoms with Crippen molar-refractivity contribution in [3.8, 4) is 5.75 Å². The molecule has 0 spiro atoms. The third-order valence-corrected chi connectivity index (χ3v) is 4.13. The first-order valence-electron chi connectivity index (χ1n) is 7.81. The molecule has 0 aliphatic carbocycles. The first-order valence-corrected chi connectivity index (χ1v) is 8.19. The van der Waals surface area contributed by atoms with E-state index in [-0.39, 0.29) is 16.9 Å². The van der Waals surface area contributed by atoms with Crippen LogP contribution in [0.3, 0.4) is 0 Å². The lowest BCUT2D eigenvalue weighted by molar-refractivity contribution is -0.384. The number of ether oxygens (including phenoxy) is 1. The number of halogens is 1. The van der Waals surface area contributed by atoms with Crippen molar-refractivity contribution in [3.63, 3.8) is 0 Å². The number of nitrogens with zero attached hydrogens (tertiary/aromatic N) is 2. The van der Waals surface area contributed by atoms with Gasteiger partial charge in [-0.25, -0.2) is 9.69 Å². The van der Waals surface area contributed by atoms with Crippen molar-refractivity contribution in [3.05, 3.63) is 68.7 Å². The third kappa shape index (κ3) is 3.55. The van der Waals surface area contributed by atoms with Crippen LogP contribution in [0.4, 0.5) is 16.2 Å². The molecule has 1 saturated heterocycles. The molecular formula is C18H12ClN3O6. The van der Waals surface area contributed by atoms with E-state index < -0.39 is 22.8 Å². The number of imide groups is 2. The molecule has 10 heteroatoms. The second kappa shape index (κ2) is 7.49. The smallest absolute Gasteiger partial charge is 0.335 e. The van der Waals surface area contributed by atoms with E-state index >= 15 is 0 Å². The van der Waals surface area contributed by atoms with Gasteiger partial charge in [0.2, 0.25) is 0 Å². The van der Waals surface area contributed by atoms with Crippen LogP contribution in [0.2, 0.25) is 5.02 Å². The Morgan fingerprint density at radius 2 is 1.93 bits per heavy atom. The molecule has 1 heterocycles. The van der Waals surface area contributed by atoms with Crippen molar-refractivity contribution < 1.29 is 24.0 Å². The average molecular weight is 402 g/mol. The summed E-state index contributed by atoms with van der Waals surface area (Å²) in [5, 5.41) is 13.4. The number of non-ortho nitro benzene ring substituents is 1. The van der Waals surface area contributed by atoms with E-state index in [2.05, 4.69) is 0 Å². The number of barbiturate groups is 1. The van der Waals surface area contributed by atoms with E-state index in [1.807, 2.05) is 5.32 Å². The van der Waals surface area contributed by atoms with Gasteiger partial charge in [-0.05, 0) is 30.3 Å². The monoisotopic (exact) mass is 401 g/mol. The lowest BCUT2D eigenvalue weighted by Crippen LogP contribution is -2.54. The molecule has 9 nitrogen and oxygen atoms in total. The van der Waals surface area contributed by atoms with Gasteiger partial charge in [-0.3, -0.25) is 25.0 Å². The van der Waals surface area contributed by atoms with Gasteiger partial charge >= 0.3 is 6.03 Å². The molecule has 142 valence electrons. The van der Waals surface area contributed by atoms with Crippen LogP contribution in [0, 0.1) is 10.1 Å². The summed E-state index contributed by atoms with van der Waals surface area (Å²) in [6.07, 6.45) is 1.24. The number of nitrogens with one attached hydrogen (secondary N) is 1. The Balaban J connectivity index is 2.07. The van der Waals surface area contributed by atoms with Crippen LogP contribution in [0.15, 0.2) is 48.0 Å². The molecule has 3 rings (SSSR count). The number of urea groups is 1. The van der Waals surface area contributed by atoms with Gasteiger partial charge in [0.25, 0.3) is 17.5 Å². The van der Waals surface area contributed by atoms with Gasteiger partial charge in [-0.2, -0.15) is 0 Å². The summed E-state index contributed by atoms with van der Waals surface area (Å²) in [7, 11) is 1.41. The molecule has 0 bridgehead atoms. The summed E-state index contributed by atoms with van der Waals surface area (Å²) in [6.45, 7) is 0. The number of amides is 4. The third-order valence-electron chi connectivity index (χ3n) is 3.89. The van der Waals surface area contributed by atoms with E-state index in [1.165, 1.54) is 37.5 Å². The zero-order chi connectivity index (χ0) is 20.4. The predicted molar refractivity (Wildman–Crippen MR) is 100 cm³/mol. The number of rotatable bonds is 4. The Morgan fingerprint density at radius 3 is 2.61 bits per heavy atom. The molecule has 0 radical (unpaired) electrons. The molecule has 4 amide bonds. The summed E-state index contributed by atoms with van der Waals surface area (Å²) in [6, 6.07) is 8.56. The molecule has 1 aliphatic rings. The highest BCUT2D eigenvalue weighted by atomic mass is 35.5. The van der Waals surface area contributed by atoms with Crippen LogP contribution < -0.4 is 15.0 Å². The first-order chi connectivity index (χ1) is 13.3. The number of nitro benzene ring substituents is 1. The van der Waals surface area contributed by atoms with Gasteiger partial charge in [0.05, 0.1) is 17.7 Å². The summed E-state index contributed by atoms with van der Waals surface area (Å²) in [5.41, 5.74) is -0.362. The number of nitro groups is 1. The summed E-state index contributed by atoms with van der Waals surface area (Å²) in [5.74, 6) is -1.48. The average Bonchev–Trinajstić information content (AvgIpc) is 2.65. The largest absolute Gasteiger partial charge is 0.496 e. The molecule has 1 N–H and O–H groups in total. The van der Waals surface area contributed by atoms with Gasteiger partial charge in [0.1, 0.15) is 11.3 Å². The Labute approximate surface area is 163 Å². The molecule has 1 aliphatic heterocycles. The van der Waals surface area contributed by atoms with Crippen molar-refractivity contribution in [2.75, 3.05) is 12.0 Å². The van der Waals surface area contributed by atoms with Gasteiger partial charge in [0.15, 0.2) is 0 Å². The van der Waals surface area contributed by atoms with Crippen LogP contribution >= 0.6 is 11.6 Å². The normalized spacial score (nSPS) is 15.6. The SMILES string of the molecule is COc1ccc(Cl)cc1/C=C1\C(=O)NC(=O)N(c2cccc([N+](=O)[O-])c2)C1=O. The number of hydrogen-bond acceptors (Lipinski definition) is 6. The number of carbonyl (C=O) groups excluding carboxylic acids is 3. The molecule has 0 unspecified atom stereocenters. The minimum Gasteiger partial charge on any atom is -0.496 e. The van der Waals surface area contributed by atoms with Crippen molar-refractivity contribution in [1.82, 2.24) is 5.32 Å². The van der Waals surface area contributed by atoms with Crippen LogP contribution in [-0.4, -0.2) is 29.9 Å². The second-order valence-corrected chi connectivity index (χ2v) is 6.06. The standard InChI is InChI=1S/C18H12ClN3O6/c1-28-15-6-5-11(19)7-10(15)8-14-16(23)20-18(25)21(17(14)24)12-3-2-4-13(9-12)22(26)27/h2-9H,1H3,(H,20,23,25)/b14-8+. The molecule has 2 aromatic carbocycles. The lowest BCUT2D eigenvalue weighted by atomic mass is 10.1. The highest BCUT2D eigenvalue weighted by molar-refractivity contribution is 6.39. The van der Waals surface area contributed by atoms with E-state index in [1.54, 1.807) is 12.1 Å². The molecule has 0 atom stereocenters. The number of hydrogen-bond donors (Lipinski definition) is 1. The molecule has 0 aromatic heterocycles. The number of carbonyl (C=O) groups is 3. The molecule has 1 fully saturated rings. The molecule has 0 saturated carbocycles. The number of benzene rings is 2. The van der Waals surface area contributed by atoms with Gasteiger partial charge in [-0.1, -0.05) is 17.7 Å². The zero-order valence-electron chi connectivity index (χ0n) is 14.3. The molecule has 2 aromatic rings. The van der Waals surface area contributed by atoms with Crippen LogP contribution in [0.5, 0.6) is 5.75 Å². The minimum absolute atomic E-state index is 0.0480. The summed E-state index contributed by atoms with van der Waals surface area (Å²) < 4.78 is 5.19. The Hall–Kier alpha value is -3.72. The lowest BCUT2D eigenvalue weighted by Gasteiger charge is -2.26. The maximum Gasteiger partial charge on any atom is 0.335 e. The Bertz CT molecular complexity index is 1050. The molecular weight excluding hydrogens is 390 g/mol. The van der Waals surface area contributed by atoms with Crippen molar-refractivity contribution >= 4 is 46.9 Å². The highest BCUT2D eigenvalue weighted by Crippen LogP contribution is 2.28. The van der Waals surface area contributed by atoms with Crippen molar-refractivity contribution in [2.45, 2.75) is 0 Å². The maximum atomic E-state index is 12.8. The van der Waals surface area contributed by atoms with Crippen LogP contribution in [0.25, 0.3) is 6.08 Å². The van der Waals surface area contributed by atoms with Gasteiger partial charge in [0, 0.05) is 22.7 Å². The van der Waals surface area contributed by atoms with Crippen LogP contribution in [0.1, 0.15) is 5.56 Å². The fourth-order valence-corrected chi connectivity index (χ4v) is 2.79. The minimum atomic E-state index is -1.01. The summed E-state index contributed by atoms with van der Waals surface area (Å²) in [4.78, 5) is 48.2. The number of methoxy groups -OCH3 is 1.